The van der Waals surface area contributed by atoms with Crippen molar-refractivity contribution in [2.45, 2.75) is 12.8 Å². The van der Waals surface area contributed by atoms with Crippen LogP contribution in [-0.2, 0) is 4.79 Å². The molecule has 1 aliphatic rings. The molecule has 1 fully saturated rings. The van der Waals surface area contributed by atoms with Gasteiger partial charge in [0.05, 0.1) is 27.4 Å². The summed E-state index contributed by atoms with van der Waals surface area (Å²) >= 11 is 0. The number of nitrogens with zero attached hydrogens (tertiary/aromatic N) is 3. The fraction of sp³-hybridized carbons (Fsp3) is 0.385. The number of carboxylic acid groups (broad SMARTS) is 2. The number of nitro benzene ring substituents is 2. The van der Waals surface area contributed by atoms with Crippen LogP contribution in [0.2, 0.25) is 0 Å². The predicted octanol–water partition coefficient (Wildman–Crippen LogP) is 1.50. The lowest BCUT2D eigenvalue weighted by atomic mass is 9.95. The molecule has 11 heteroatoms. The van der Waals surface area contributed by atoms with Crippen LogP contribution in [-0.4, -0.2) is 45.1 Å². The third-order valence-corrected chi connectivity index (χ3v) is 3.87. The van der Waals surface area contributed by atoms with Gasteiger partial charge in [-0.1, -0.05) is 0 Å². The van der Waals surface area contributed by atoms with E-state index in [-0.39, 0.29) is 31.6 Å². The minimum Gasteiger partial charge on any atom is -0.481 e. The summed E-state index contributed by atoms with van der Waals surface area (Å²) in [4.78, 5) is 44.1. The Hall–Kier alpha value is -3.24. The molecule has 1 saturated heterocycles. The number of hydrogen-bond donors (Lipinski definition) is 2. The zero-order valence-electron chi connectivity index (χ0n) is 12.2. The number of piperidine rings is 1. The first-order chi connectivity index (χ1) is 11.2. The molecule has 2 N–H and O–H groups in total. The molecule has 0 saturated carbocycles. The molecule has 1 aromatic rings. The fourth-order valence-corrected chi connectivity index (χ4v) is 2.69. The third-order valence-electron chi connectivity index (χ3n) is 3.87. The number of aliphatic carboxylic acids is 1. The summed E-state index contributed by atoms with van der Waals surface area (Å²) in [6, 6.07) is 1.49. The molecule has 11 nitrogen and oxygen atoms in total. The quantitative estimate of drug-likeness (QED) is 0.597. The lowest BCUT2D eigenvalue weighted by Crippen LogP contribution is -2.37. The van der Waals surface area contributed by atoms with E-state index >= 15 is 0 Å². The zero-order chi connectivity index (χ0) is 18.0. The second-order valence-electron chi connectivity index (χ2n) is 5.28. The van der Waals surface area contributed by atoms with Gasteiger partial charge in [-0.05, 0) is 12.8 Å². The first kappa shape index (κ1) is 17.1. The van der Waals surface area contributed by atoms with Gasteiger partial charge in [0.1, 0.15) is 5.69 Å². The van der Waals surface area contributed by atoms with Gasteiger partial charge in [-0.15, -0.1) is 0 Å². The Balaban J connectivity index is 2.51. The van der Waals surface area contributed by atoms with E-state index < -0.39 is 44.6 Å². The Morgan fingerprint density at radius 1 is 1.08 bits per heavy atom. The van der Waals surface area contributed by atoms with E-state index in [1.54, 1.807) is 0 Å². The maximum atomic E-state index is 11.4. The number of hydrogen-bond acceptors (Lipinski definition) is 7. The van der Waals surface area contributed by atoms with Crippen molar-refractivity contribution in [1.29, 1.82) is 0 Å². The molecule has 1 aromatic carbocycles. The van der Waals surface area contributed by atoms with Crippen molar-refractivity contribution in [1.82, 2.24) is 0 Å². The Morgan fingerprint density at radius 3 is 2.08 bits per heavy atom. The summed E-state index contributed by atoms with van der Waals surface area (Å²) in [5.74, 6) is -3.12. The molecule has 24 heavy (non-hydrogen) atoms. The highest BCUT2D eigenvalue weighted by molar-refractivity contribution is 5.98. The topological polar surface area (TPSA) is 164 Å². The number of rotatable bonds is 5. The highest BCUT2D eigenvalue weighted by Crippen LogP contribution is 2.38. The monoisotopic (exact) mass is 339 g/mol. The van der Waals surface area contributed by atoms with Crippen molar-refractivity contribution < 1.29 is 29.6 Å². The average molecular weight is 339 g/mol. The van der Waals surface area contributed by atoms with Gasteiger partial charge in [0, 0.05) is 19.2 Å². The van der Waals surface area contributed by atoms with Gasteiger partial charge in [0.15, 0.2) is 0 Å². The third kappa shape index (κ3) is 3.24. The Kier molecular flexibility index (Phi) is 4.62. The van der Waals surface area contributed by atoms with Crippen molar-refractivity contribution in [2.75, 3.05) is 18.0 Å². The van der Waals surface area contributed by atoms with Crippen LogP contribution < -0.4 is 4.90 Å². The smallest absolute Gasteiger partial charge is 0.338 e. The minimum atomic E-state index is -1.53. The molecule has 1 aliphatic heterocycles. The molecule has 2 rings (SSSR count). The number of aromatic carboxylic acids is 1. The van der Waals surface area contributed by atoms with Crippen LogP contribution in [0.5, 0.6) is 0 Å². The summed E-state index contributed by atoms with van der Waals surface area (Å²) in [5, 5.41) is 40.4. The maximum absolute atomic E-state index is 11.4. The van der Waals surface area contributed by atoms with Gasteiger partial charge in [-0.3, -0.25) is 25.0 Å². The van der Waals surface area contributed by atoms with Crippen molar-refractivity contribution in [2.24, 2.45) is 5.92 Å². The summed E-state index contributed by atoms with van der Waals surface area (Å²) < 4.78 is 0. The van der Waals surface area contributed by atoms with Crippen molar-refractivity contribution in [3.05, 3.63) is 37.9 Å². The molecule has 0 bridgehead atoms. The molecule has 0 atom stereocenters. The molecule has 0 amide bonds. The van der Waals surface area contributed by atoms with E-state index in [9.17, 15) is 34.9 Å². The van der Waals surface area contributed by atoms with E-state index in [0.29, 0.717) is 6.07 Å². The minimum absolute atomic E-state index is 0.107. The Labute approximate surface area is 134 Å². The van der Waals surface area contributed by atoms with Crippen LogP contribution in [0.25, 0.3) is 0 Å². The lowest BCUT2D eigenvalue weighted by molar-refractivity contribution is -0.393. The fourth-order valence-electron chi connectivity index (χ4n) is 2.69. The highest BCUT2D eigenvalue weighted by atomic mass is 16.6. The van der Waals surface area contributed by atoms with Crippen LogP contribution in [0.1, 0.15) is 23.2 Å². The molecule has 128 valence electrons. The van der Waals surface area contributed by atoms with Gasteiger partial charge in [-0.2, -0.15) is 0 Å². The number of carbonyl (C=O) groups is 2. The lowest BCUT2D eigenvalue weighted by Gasteiger charge is -2.32. The standard InChI is InChI=1S/C13H13N3O8/c17-12(18)7-1-3-14(4-2-7)11-9(13(19)20)5-8(15(21)22)6-10(11)16(23)24/h5-7H,1-4H2,(H,17,18)(H,19,20). The summed E-state index contributed by atoms with van der Waals surface area (Å²) in [6.45, 7) is 0.214. The van der Waals surface area contributed by atoms with Gasteiger partial charge < -0.3 is 15.1 Å². The van der Waals surface area contributed by atoms with E-state index in [2.05, 4.69) is 0 Å². The normalized spacial score (nSPS) is 15.1. The van der Waals surface area contributed by atoms with Crippen molar-refractivity contribution in [3.63, 3.8) is 0 Å². The van der Waals surface area contributed by atoms with E-state index in [1.807, 2.05) is 0 Å². The van der Waals surface area contributed by atoms with Crippen molar-refractivity contribution in [3.8, 4) is 0 Å². The highest BCUT2D eigenvalue weighted by Gasteiger charge is 2.34. The number of non-ortho nitro benzene ring substituents is 1. The first-order valence-electron chi connectivity index (χ1n) is 6.90. The van der Waals surface area contributed by atoms with Crippen LogP contribution in [0, 0.1) is 26.1 Å². The van der Waals surface area contributed by atoms with E-state index in [4.69, 9.17) is 5.11 Å². The van der Waals surface area contributed by atoms with Gasteiger partial charge in [-0.25, -0.2) is 4.79 Å². The number of benzene rings is 1. The summed E-state index contributed by atoms with van der Waals surface area (Å²) in [7, 11) is 0. The Morgan fingerprint density at radius 2 is 1.67 bits per heavy atom. The van der Waals surface area contributed by atoms with Gasteiger partial charge >= 0.3 is 11.9 Å². The van der Waals surface area contributed by atoms with Gasteiger partial charge in [0.2, 0.25) is 0 Å². The van der Waals surface area contributed by atoms with Crippen LogP contribution in [0.3, 0.4) is 0 Å². The van der Waals surface area contributed by atoms with E-state index in [0.717, 1.165) is 6.07 Å². The molecular formula is C13H13N3O8. The molecule has 0 radical (unpaired) electrons. The molecule has 0 aromatic heterocycles. The zero-order valence-corrected chi connectivity index (χ0v) is 12.2. The summed E-state index contributed by atoms with van der Waals surface area (Å²) in [6.07, 6.45) is 0.394. The van der Waals surface area contributed by atoms with Crippen LogP contribution in [0.15, 0.2) is 12.1 Å². The molecule has 0 aliphatic carbocycles. The molecule has 1 heterocycles. The summed E-state index contributed by atoms with van der Waals surface area (Å²) in [5.41, 5.74) is -2.16. The second kappa shape index (κ2) is 6.48. The van der Waals surface area contributed by atoms with E-state index in [1.165, 1.54) is 4.90 Å². The average Bonchev–Trinajstić information content (AvgIpc) is 2.53. The number of anilines is 1. The van der Waals surface area contributed by atoms with Crippen LogP contribution in [0.4, 0.5) is 17.1 Å². The predicted molar refractivity (Wildman–Crippen MR) is 79.3 cm³/mol. The molecule has 0 unspecified atom stereocenters. The van der Waals surface area contributed by atoms with Gasteiger partial charge in [0.25, 0.3) is 11.4 Å². The maximum Gasteiger partial charge on any atom is 0.338 e. The SMILES string of the molecule is O=C(O)c1cc([N+](=O)[O-])cc([N+](=O)[O-])c1N1CCC(C(=O)O)CC1. The van der Waals surface area contributed by atoms with Crippen molar-refractivity contribution >= 4 is 29.0 Å². The molecular weight excluding hydrogens is 326 g/mol. The molecule has 0 spiro atoms. The first-order valence-corrected chi connectivity index (χ1v) is 6.90. The number of carboxylic acids is 2. The van der Waals surface area contributed by atoms with Crippen LogP contribution >= 0.6 is 0 Å². The Bertz CT molecular complexity index is 689. The number of nitro groups is 2. The second-order valence-corrected chi connectivity index (χ2v) is 5.28. The largest absolute Gasteiger partial charge is 0.481 e.